The Morgan fingerprint density at radius 1 is 1.09 bits per heavy atom. The van der Waals surface area contributed by atoms with Crippen LogP contribution < -0.4 is 4.90 Å². The highest BCUT2D eigenvalue weighted by molar-refractivity contribution is 5.95. The lowest BCUT2D eigenvalue weighted by atomic mass is 10.1. The van der Waals surface area contributed by atoms with Gasteiger partial charge < -0.3 is 9.88 Å². The third-order valence-corrected chi connectivity index (χ3v) is 4.70. The van der Waals surface area contributed by atoms with E-state index >= 15 is 0 Å². The number of rotatable bonds is 4. The number of aromatic amines is 1. The number of carbonyl (C=O) groups excluding carboxylic acids is 1. The molecule has 0 fully saturated rings. The van der Waals surface area contributed by atoms with Crippen molar-refractivity contribution in [2.45, 2.75) is 25.7 Å². The topological polar surface area (TPSA) is 36.1 Å². The molecule has 0 atom stereocenters. The zero-order valence-corrected chi connectivity index (χ0v) is 13.1. The number of amides is 1. The average Bonchev–Trinajstić information content (AvgIpc) is 3.19. The summed E-state index contributed by atoms with van der Waals surface area (Å²) in [6, 6.07) is 16.6. The van der Waals surface area contributed by atoms with Crippen LogP contribution in [-0.4, -0.2) is 17.4 Å². The van der Waals surface area contributed by atoms with E-state index in [1.807, 2.05) is 23.1 Å². The summed E-state index contributed by atoms with van der Waals surface area (Å²) < 4.78 is 0. The van der Waals surface area contributed by atoms with Crippen LogP contribution in [0.25, 0.3) is 10.9 Å². The van der Waals surface area contributed by atoms with E-state index in [1.165, 1.54) is 22.0 Å². The molecule has 0 saturated carbocycles. The summed E-state index contributed by atoms with van der Waals surface area (Å²) in [6.07, 6.45) is 5.48. The predicted molar refractivity (Wildman–Crippen MR) is 93.7 cm³/mol. The van der Waals surface area contributed by atoms with Crippen LogP contribution in [0.1, 0.15) is 24.0 Å². The smallest absolute Gasteiger partial charge is 0.227 e. The van der Waals surface area contributed by atoms with E-state index in [0.29, 0.717) is 6.42 Å². The molecule has 0 radical (unpaired) electrons. The van der Waals surface area contributed by atoms with E-state index in [4.69, 9.17) is 0 Å². The van der Waals surface area contributed by atoms with E-state index in [2.05, 4.69) is 41.5 Å². The van der Waals surface area contributed by atoms with Crippen molar-refractivity contribution >= 4 is 22.5 Å². The Balaban J connectivity index is 1.39. The fourth-order valence-corrected chi connectivity index (χ4v) is 3.50. The van der Waals surface area contributed by atoms with Gasteiger partial charge in [0.25, 0.3) is 0 Å². The Morgan fingerprint density at radius 2 is 1.91 bits per heavy atom. The Bertz CT molecular complexity index is 849. The molecule has 23 heavy (non-hydrogen) atoms. The maximum absolute atomic E-state index is 12.5. The lowest BCUT2D eigenvalue weighted by Gasteiger charge is -2.17. The van der Waals surface area contributed by atoms with Gasteiger partial charge in [-0.3, -0.25) is 4.79 Å². The summed E-state index contributed by atoms with van der Waals surface area (Å²) in [6.45, 7) is 0.825. The summed E-state index contributed by atoms with van der Waals surface area (Å²) in [7, 11) is 0. The molecular weight excluding hydrogens is 284 g/mol. The zero-order valence-electron chi connectivity index (χ0n) is 13.1. The van der Waals surface area contributed by atoms with Crippen LogP contribution >= 0.6 is 0 Å². The average molecular weight is 304 g/mol. The second-order valence-corrected chi connectivity index (χ2v) is 6.14. The number of aryl methyl sites for hydroxylation is 1. The number of carbonyl (C=O) groups is 1. The maximum Gasteiger partial charge on any atom is 0.227 e. The lowest BCUT2D eigenvalue weighted by molar-refractivity contribution is -0.118. The number of aromatic nitrogens is 1. The van der Waals surface area contributed by atoms with Gasteiger partial charge in [-0.1, -0.05) is 36.4 Å². The molecule has 1 amide bonds. The van der Waals surface area contributed by atoms with Gasteiger partial charge in [-0.2, -0.15) is 0 Å². The maximum atomic E-state index is 12.5. The van der Waals surface area contributed by atoms with Crippen molar-refractivity contribution in [3.63, 3.8) is 0 Å². The second-order valence-electron chi connectivity index (χ2n) is 6.14. The van der Waals surface area contributed by atoms with Crippen LogP contribution in [-0.2, 0) is 17.6 Å². The molecule has 0 saturated heterocycles. The van der Waals surface area contributed by atoms with Crippen molar-refractivity contribution in [1.82, 2.24) is 4.98 Å². The van der Waals surface area contributed by atoms with Crippen molar-refractivity contribution in [3.05, 3.63) is 65.9 Å². The minimum absolute atomic E-state index is 0.245. The van der Waals surface area contributed by atoms with Gasteiger partial charge >= 0.3 is 0 Å². The summed E-state index contributed by atoms with van der Waals surface area (Å²) in [5.41, 5.74) is 4.86. The molecule has 3 heteroatoms. The fraction of sp³-hybridized carbons (Fsp3) is 0.250. The number of hydrogen-bond acceptors (Lipinski definition) is 1. The normalized spacial score (nSPS) is 13.5. The van der Waals surface area contributed by atoms with Crippen LogP contribution in [0.4, 0.5) is 5.69 Å². The highest BCUT2D eigenvalue weighted by Gasteiger charge is 2.23. The van der Waals surface area contributed by atoms with Crippen molar-refractivity contribution < 1.29 is 4.79 Å². The molecule has 0 unspecified atom stereocenters. The minimum Gasteiger partial charge on any atom is -0.361 e. The van der Waals surface area contributed by atoms with Crippen molar-refractivity contribution in [2.75, 3.05) is 11.4 Å². The third-order valence-electron chi connectivity index (χ3n) is 4.70. The Kier molecular flexibility index (Phi) is 3.62. The first-order chi connectivity index (χ1) is 11.3. The Morgan fingerprint density at radius 3 is 2.87 bits per heavy atom. The first-order valence-corrected chi connectivity index (χ1v) is 8.26. The number of anilines is 1. The van der Waals surface area contributed by atoms with Gasteiger partial charge in [-0.15, -0.1) is 0 Å². The van der Waals surface area contributed by atoms with Gasteiger partial charge in [0.05, 0.1) is 0 Å². The van der Waals surface area contributed by atoms with Crippen LogP contribution in [0.3, 0.4) is 0 Å². The molecule has 4 rings (SSSR count). The zero-order chi connectivity index (χ0) is 15.6. The van der Waals surface area contributed by atoms with Gasteiger partial charge in [-0.05, 0) is 42.5 Å². The SMILES string of the molecule is O=C(CCCc1c[nH]c2ccccc12)N1CCc2ccccc21. The first-order valence-electron chi connectivity index (χ1n) is 8.26. The highest BCUT2D eigenvalue weighted by Crippen LogP contribution is 2.28. The first kappa shape index (κ1) is 14.1. The van der Waals surface area contributed by atoms with E-state index in [0.717, 1.165) is 31.5 Å². The Labute approximate surface area is 135 Å². The van der Waals surface area contributed by atoms with Crippen LogP contribution in [0.5, 0.6) is 0 Å². The molecular formula is C20H20N2O. The summed E-state index contributed by atoms with van der Waals surface area (Å²) >= 11 is 0. The van der Waals surface area contributed by atoms with Gasteiger partial charge in [0, 0.05) is 35.8 Å². The standard InChI is InChI=1S/C20H20N2O/c23-20(22-13-12-15-6-1-4-10-19(15)22)11-5-7-16-14-21-18-9-3-2-8-17(16)18/h1-4,6,8-10,14,21H,5,7,11-13H2. The number of nitrogens with zero attached hydrogens (tertiary/aromatic N) is 1. The predicted octanol–water partition coefficient (Wildman–Crippen LogP) is 4.08. The molecule has 3 nitrogen and oxygen atoms in total. The molecule has 1 N–H and O–H groups in total. The number of hydrogen-bond donors (Lipinski definition) is 1. The van der Waals surface area contributed by atoms with Crippen LogP contribution in [0.15, 0.2) is 54.7 Å². The van der Waals surface area contributed by atoms with Gasteiger partial charge in [-0.25, -0.2) is 0 Å². The monoisotopic (exact) mass is 304 g/mol. The number of H-pyrrole nitrogens is 1. The summed E-state index contributed by atoms with van der Waals surface area (Å²) in [5, 5.41) is 1.27. The number of benzene rings is 2. The summed E-state index contributed by atoms with van der Waals surface area (Å²) in [5.74, 6) is 0.245. The molecule has 2 aromatic carbocycles. The molecule has 0 bridgehead atoms. The van der Waals surface area contributed by atoms with E-state index in [9.17, 15) is 4.79 Å². The van der Waals surface area contributed by atoms with E-state index < -0.39 is 0 Å². The lowest BCUT2D eigenvalue weighted by Crippen LogP contribution is -2.28. The van der Waals surface area contributed by atoms with Crippen molar-refractivity contribution in [3.8, 4) is 0 Å². The molecule has 2 heterocycles. The molecule has 0 spiro atoms. The molecule has 1 aliphatic rings. The third kappa shape index (κ3) is 2.63. The quantitative estimate of drug-likeness (QED) is 0.774. The van der Waals surface area contributed by atoms with E-state index in [1.54, 1.807) is 0 Å². The second kappa shape index (κ2) is 5.92. The number of nitrogens with one attached hydrogen (secondary N) is 1. The van der Waals surface area contributed by atoms with Crippen LogP contribution in [0, 0.1) is 0 Å². The van der Waals surface area contributed by atoms with Crippen molar-refractivity contribution in [1.29, 1.82) is 0 Å². The molecule has 116 valence electrons. The molecule has 0 aliphatic carbocycles. The summed E-state index contributed by atoms with van der Waals surface area (Å²) in [4.78, 5) is 17.8. The van der Waals surface area contributed by atoms with Gasteiger partial charge in [0.15, 0.2) is 0 Å². The van der Waals surface area contributed by atoms with E-state index in [-0.39, 0.29) is 5.91 Å². The molecule has 1 aromatic heterocycles. The Hall–Kier alpha value is -2.55. The minimum atomic E-state index is 0.245. The van der Waals surface area contributed by atoms with Crippen molar-refractivity contribution in [2.24, 2.45) is 0 Å². The van der Waals surface area contributed by atoms with Gasteiger partial charge in [0.2, 0.25) is 5.91 Å². The molecule has 1 aliphatic heterocycles. The fourth-order valence-electron chi connectivity index (χ4n) is 3.50. The largest absolute Gasteiger partial charge is 0.361 e. The van der Waals surface area contributed by atoms with Crippen LogP contribution in [0.2, 0.25) is 0 Å². The molecule has 3 aromatic rings. The number of para-hydroxylation sites is 2. The number of fused-ring (bicyclic) bond motifs is 2. The van der Waals surface area contributed by atoms with Gasteiger partial charge in [0.1, 0.15) is 0 Å². The highest BCUT2D eigenvalue weighted by atomic mass is 16.2.